The second kappa shape index (κ2) is 26.9. The number of esters is 2. The maximum Gasteiger partial charge on any atom is 0.472 e. The minimum absolute atomic E-state index is 0.0534. The number of allylic oxidation sites excluding steroid dienone is 2. The molecule has 9 nitrogen and oxygen atoms in total. The second-order valence-corrected chi connectivity index (χ2v) is 11.4. The van der Waals surface area contributed by atoms with Gasteiger partial charge in [-0.1, -0.05) is 90.2 Å². The lowest BCUT2D eigenvalue weighted by molar-refractivity contribution is -0.161. The summed E-state index contributed by atoms with van der Waals surface area (Å²) in [5, 5.41) is 0. The molecule has 0 aromatic rings. The van der Waals surface area contributed by atoms with Gasteiger partial charge in [-0.3, -0.25) is 18.6 Å². The van der Waals surface area contributed by atoms with Gasteiger partial charge in [0.05, 0.1) is 13.2 Å². The third kappa shape index (κ3) is 26.7. The third-order valence-corrected chi connectivity index (χ3v) is 7.14. The van der Waals surface area contributed by atoms with Crippen molar-refractivity contribution in [3.8, 4) is 0 Å². The molecule has 230 valence electrons. The minimum atomic E-state index is -4.35. The summed E-state index contributed by atoms with van der Waals surface area (Å²) in [7, 11) is -4.35. The summed E-state index contributed by atoms with van der Waals surface area (Å²) < 4.78 is 32.2. The van der Waals surface area contributed by atoms with Crippen molar-refractivity contribution in [2.45, 2.75) is 136 Å². The number of unbranched alkanes of at least 4 members (excludes halogenated alkanes) is 13. The maximum atomic E-state index is 12.4. The van der Waals surface area contributed by atoms with Crippen LogP contribution >= 0.6 is 7.82 Å². The molecule has 0 aromatic heterocycles. The van der Waals surface area contributed by atoms with Crippen LogP contribution in [0.25, 0.3) is 0 Å². The highest BCUT2D eigenvalue weighted by atomic mass is 31.2. The Hall–Kier alpha value is -1.25. The highest BCUT2D eigenvalue weighted by Gasteiger charge is 2.25. The third-order valence-electron chi connectivity index (χ3n) is 6.15. The Morgan fingerprint density at radius 1 is 0.744 bits per heavy atom. The van der Waals surface area contributed by atoms with E-state index >= 15 is 0 Å². The summed E-state index contributed by atoms with van der Waals surface area (Å²) in [5.41, 5.74) is 5.28. The zero-order valence-electron chi connectivity index (χ0n) is 24.6. The van der Waals surface area contributed by atoms with Crippen molar-refractivity contribution in [2.24, 2.45) is 5.73 Å². The average molecular weight is 578 g/mol. The summed E-state index contributed by atoms with van der Waals surface area (Å²) in [5.74, 6) is -0.861. The van der Waals surface area contributed by atoms with Gasteiger partial charge in [-0.2, -0.15) is 0 Å². The summed E-state index contributed by atoms with van der Waals surface area (Å²) in [6.07, 6.45) is 21.6. The molecular weight excluding hydrogens is 521 g/mol. The number of ether oxygens (including phenoxy) is 2. The van der Waals surface area contributed by atoms with Crippen molar-refractivity contribution in [3.63, 3.8) is 0 Å². The van der Waals surface area contributed by atoms with Gasteiger partial charge in [-0.15, -0.1) is 0 Å². The van der Waals surface area contributed by atoms with Crippen LogP contribution in [0, 0.1) is 0 Å². The van der Waals surface area contributed by atoms with Crippen LogP contribution < -0.4 is 5.73 Å². The molecule has 2 atom stereocenters. The van der Waals surface area contributed by atoms with Crippen molar-refractivity contribution < 1.29 is 37.6 Å². The molecule has 0 saturated carbocycles. The molecule has 0 amide bonds. The summed E-state index contributed by atoms with van der Waals surface area (Å²) in [4.78, 5) is 34.1. The molecule has 0 radical (unpaired) electrons. The summed E-state index contributed by atoms with van der Waals surface area (Å²) in [6, 6.07) is 0. The molecule has 0 spiro atoms. The van der Waals surface area contributed by atoms with Gasteiger partial charge >= 0.3 is 19.8 Å². The van der Waals surface area contributed by atoms with E-state index in [0.717, 1.165) is 57.8 Å². The monoisotopic (exact) mass is 577 g/mol. The molecule has 39 heavy (non-hydrogen) atoms. The van der Waals surface area contributed by atoms with Crippen molar-refractivity contribution in [1.82, 2.24) is 0 Å². The SMILES string of the molecule is CCCCCCC/C=C\CCCCCCCC(=O)OC(COC(=O)CCCCCC)COP(=O)(O)OCCN. The molecule has 0 aliphatic carbocycles. The number of phosphoric acid groups is 1. The van der Waals surface area contributed by atoms with Crippen LogP contribution in [0.15, 0.2) is 12.2 Å². The minimum Gasteiger partial charge on any atom is -0.462 e. The van der Waals surface area contributed by atoms with Crippen LogP contribution in [-0.4, -0.2) is 49.3 Å². The molecule has 0 fully saturated rings. The number of carbonyl (C=O) groups is 2. The molecule has 0 saturated heterocycles. The number of phosphoric ester groups is 1. The number of nitrogens with two attached hydrogens (primary N) is 1. The van der Waals surface area contributed by atoms with E-state index in [1.54, 1.807) is 0 Å². The topological polar surface area (TPSA) is 134 Å². The largest absolute Gasteiger partial charge is 0.472 e. The number of rotatable bonds is 28. The first-order chi connectivity index (χ1) is 18.8. The van der Waals surface area contributed by atoms with Gasteiger partial charge in [0.25, 0.3) is 0 Å². The fourth-order valence-corrected chi connectivity index (χ4v) is 4.63. The van der Waals surface area contributed by atoms with Gasteiger partial charge in [0.1, 0.15) is 6.61 Å². The zero-order chi connectivity index (χ0) is 29.0. The molecule has 0 bridgehead atoms. The Bertz CT molecular complexity index is 674. The smallest absolute Gasteiger partial charge is 0.462 e. The van der Waals surface area contributed by atoms with E-state index in [0.29, 0.717) is 6.42 Å². The molecule has 3 N–H and O–H groups in total. The van der Waals surface area contributed by atoms with E-state index < -0.39 is 32.5 Å². The normalized spacial score (nSPS) is 13.8. The van der Waals surface area contributed by atoms with E-state index in [2.05, 4.69) is 26.0 Å². The van der Waals surface area contributed by atoms with E-state index in [1.807, 2.05) is 0 Å². The lowest BCUT2D eigenvalue weighted by atomic mass is 10.1. The number of hydrogen-bond donors (Lipinski definition) is 2. The van der Waals surface area contributed by atoms with Crippen molar-refractivity contribution >= 4 is 19.8 Å². The molecule has 10 heteroatoms. The number of hydrogen-bond acceptors (Lipinski definition) is 8. The zero-order valence-corrected chi connectivity index (χ0v) is 25.5. The Morgan fingerprint density at radius 3 is 1.85 bits per heavy atom. The quantitative estimate of drug-likeness (QED) is 0.0430. The Morgan fingerprint density at radius 2 is 1.26 bits per heavy atom. The van der Waals surface area contributed by atoms with Crippen LogP contribution in [0.4, 0.5) is 0 Å². The van der Waals surface area contributed by atoms with Crippen LogP contribution in [0.5, 0.6) is 0 Å². The van der Waals surface area contributed by atoms with Gasteiger partial charge in [-0.25, -0.2) is 4.57 Å². The standard InChI is InChI=1S/C29H56NO8P/c1-3-5-7-9-10-11-12-13-14-15-16-17-18-20-22-29(32)38-27(26-37-39(33,34)36-24-23-30)25-35-28(31)21-19-8-6-4-2/h12-13,27H,3-11,14-26,30H2,1-2H3,(H,33,34)/b13-12-. The molecule has 0 aliphatic rings. The molecule has 0 aromatic carbocycles. The van der Waals surface area contributed by atoms with Gasteiger partial charge < -0.3 is 20.1 Å². The van der Waals surface area contributed by atoms with Crippen LogP contribution in [0.2, 0.25) is 0 Å². The van der Waals surface area contributed by atoms with Crippen LogP contribution in [0.3, 0.4) is 0 Å². The lowest BCUT2D eigenvalue weighted by Gasteiger charge is -2.19. The maximum absolute atomic E-state index is 12.4. The summed E-state index contributed by atoms with van der Waals surface area (Å²) in [6.45, 7) is 3.54. The van der Waals surface area contributed by atoms with Gasteiger partial charge in [-0.05, 0) is 38.5 Å². The lowest BCUT2D eigenvalue weighted by Crippen LogP contribution is -2.29. The Kier molecular flexibility index (Phi) is 26.1. The Balaban J connectivity index is 4.23. The van der Waals surface area contributed by atoms with Crippen molar-refractivity contribution in [2.75, 3.05) is 26.4 Å². The van der Waals surface area contributed by atoms with Gasteiger partial charge in [0.2, 0.25) is 0 Å². The fraction of sp³-hybridized carbons (Fsp3) is 0.862. The first kappa shape index (κ1) is 37.8. The highest BCUT2D eigenvalue weighted by molar-refractivity contribution is 7.47. The Labute approximate surface area is 237 Å². The van der Waals surface area contributed by atoms with E-state index in [4.69, 9.17) is 24.3 Å². The summed E-state index contributed by atoms with van der Waals surface area (Å²) >= 11 is 0. The van der Waals surface area contributed by atoms with Crippen LogP contribution in [-0.2, 0) is 32.7 Å². The molecular formula is C29H56NO8P. The van der Waals surface area contributed by atoms with Gasteiger partial charge in [0, 0.05) is 19.4 Å². The number of carbonyl (C=O) groups excluding carboxylic acids is 2. The van der Waals surface area contributed by atoms with Crippen molar-refractivity contribution in [1.29, 1.82) is 0 Å². The predicted octanol–water partition coefficient (Wildman–Crippen LogP) is 7.15. The second-order valence-electron chi connectivity index (χ2n) is 9.97. The highest BCUT2D eigenvalue weighted by Crippen LogP contribution is 2.43. The van der Waals surface area contributed by atoms with E-state index in [-0.39, 0.29) is 32.6 Å². The van der Waals surface area contributed by atoms with E-state index in [1.165, 1.54) is 38.5 Å². The van der Waals surface area contributed by atoms with Crippen LogP contribution in [0.1, 0.15) is 129 Å². The van der Waals surface area contributed by atoms with E-state index in [9.17, 15) is 19.0 Å². The first-order valence-electron chi connectivity index (χ1n) is 15.2. The molecule has 2 unspecified atom stereocenters. The molecule has 0 aliphatic heterocycles. The first-order valence-corrected chi connectivity index (χ1v) is 16.7. The molecule has 0 rings (SSSR count). The fourth-order valence-electron chi connectivity index (χ4n) is 3.86. The average Bonchev–Trinajstić information content (AvgIpc) is 2.91. The van der Waals surface area contributed by atoms with Gasteiger partial charge in [0.15, 0.2) is 6.10 Å². The van der Waals surface area contributed by atoms with Crippen molar-refractivity contribution in [3.05, 3.63) is 12.2 Å². The molecule has 0 heterocycles. The predicted molar refractivity (Wildman–Crippen MR) is 155 cm³/mol.